The smallest absolute Gasteiger partial charge is 0.349 e. The number of halogens is 3. The van der Waals surface area contributed by atoms with E-state index in [-0.39, 0.29) is 17.9 Å². The van der Waals surface area contributed by atoms with Gasteiger partial charge in [0, 0.05) is 24.0 Å². The van der Waals surface area contributed by atoms with Crippen LogP contribution in [0.3, 0.4) is 0 Å². The summed E-state index contributed by atoms with van der Waals surface area (Å²) >= 11 is 1.31. The maximum atomic E-state index is 12.5. The number of nitrogens with zero attached hydrogens (tertiary/aromatic N) is 3. The van der Waals surface area contributed by atoms with Gasteiger partial charge in [-0.15, -0.1) is 11.3 Å². The summed E-state index contributed by atoms with van der Waals surface area (Å²) in [6, 6.07) is 3.56. The van der Waals surface area contributed by atoms with E-state index in [9.17, 15) is 18.0 Å². The molecular weight excluding hydrogens is 377 g/mol. The van der Waals surface area contributed by atoms with Gasteiger partial charge in [-0.25, -0.2) is 4.98 Å². The highest BCUT2D eigenvalue weighted by atomic mass is 32.1. The van der Waals surface area contributed by atoms with Crippen LogP contribution < -0.4 is 5.32 Å². The molecule has 0 radical (unpaired) electrons. The Labute approximate surface area is 159 Å². The molecule has 0 bridgehead atoms. The lowest BCUT2D eigenvalue weighted by Gasteiger charge is -2.35. The molecule has 3 heterocycles. The summed E-state index contributed by atoms with van der Waals surface area (Å²) in [5, 5.41) is 3.72. The number of nitrogens with one attached hydrogen (secondary N) is 1. The van der Waals surface area contributed by atoms with Gasteiger partial charge < -0.3 is 5.32 Å². The van der Waals surface area contributed by atoms with E-state index in [4.69, 9.17) is 0 Å². The number of aromatic nitrogens is 2. The largest absolute Gasteiger partial charge is 0.401 e. The maximum Gasteiger partial charge on any atom is 0.401 e. The lowest BCUT2D eigenvalue weighted by atomic mass is 9.90. The van der Waals surface area contributed by atoms with Crippen LogP contribution in [0.5, 0.6) is 0 Å². The summed E-state index contributed by atoms with van der Waals surface area (Å²) in [7, 11) is 0. The molecule has 0 aliphatic carbocycles. The number of likely N-dealkylation sites (tertiary alicyclic amines) is 1. The molecule has 0 spiro atoms. The van der Waals surface area contributed by atoms with Crippen LogP contribution >= 0.6 is 11.3 Å². The van der Waals surface area contributed by atoms with Gasteiger partial charge in [0.25, 0.3) is 5.91 Å². The highest BCUT2D eigenvalue weighted by Crippen LogP contribution is 2.26. The third kappa shape index (κ3) is 5.49. The molecule has 5 nitrogen and oxygen atoms in total. The summed E-state index contributed by atoms with van der Waals surface area (Å²) in [6.45, 7) is 1.85. The lowest BCUT2D eigenvalue weighted by Crippen LogP contribution is -2.45. The number of hydrogen-bond acceptors (Lipinski definition) is 5. The summed E-state index contributed by atoms with van der Waals surface area (Å²) < 4.78 is 37.4. The Kier molecular flexibility index (Phi) is 6.11. The summed E-state index contributed by atoms with van der Waals surface area (Å²) in [6.07, 6.45) is 2.01. The van der Waals surface area contributed by atoms with Gasteiger partial charge in [-0.2, -0.15) is 13.2 Å². The van der Waals surface area contributed by atoms with Crippen molar-refractivity contribution >= 4 is 17.2 Å². The van der Waals surface area contributed by atoms with Crippen LogP contribution in [0.15, 0.2) is 30.7 Å². The molecule has 1 unspecified atom stereocenters. The second kappa shape index (κ2) is 8.35. The highest BCUT2D eigenvalue weighted by Gasteiger charge is 2.33. The number of rotatable bonds is 5. The van der Waals surface area contributed by atoms with Crippen LogP contribution in [0.4, 0.5) is 13.2 Å². The molecular formula is C18H21F3N4OS. The van der Waals surface area contributed by atoms with Crippen molar-refractivity contribution in [1.82, 2.24) is 20.2 Å². The zero-order chi connectivity index (χ0) is 19.4. The Hall–Kier alpha value is -2.00. The molecule has 1 saturated heterocycles. The minimum atomic E-state index is -4.16. The fraction of sp³-hybridized carbons (Fsp3) is 0.500. The minimum Gasteiger partial charge on any atom is -0.349 e. The van der Waals surface area contributed by atoms with Crippen LogP contribution in [-0.2, 0) is 0 Å². The third-order valence-electron chi connectivity index (χ3n) is 4.76. The number of alkyl halides is 3. The number of carbonyl (C=O) groups is 1. The SMILES string of the molecule is CC(NC(=O)c1cnc(-c2ccncc2)s1)C1CCN(CC(F)(F)F)CC1. The monoisotopic (exact) mass is 398 g/mol. The number of piperidine rings is 1. The van der Waals surface area contributed by atoms with E-state index in [1.54, 1.807) is 18.6 Å². The van der Waals surface area contributed by atoms with E-state index in [1.165, 1.54) is 16.2 Å². The highest BCUT2D eigenvalue weighted by molar-refractivity contribution is 7.16. The normalized spacial score (nSPS) is 17.6. The van der Waals surface area contributed by atoms with Crippen molar-refractivity contribution in [2.24, 2.45) is 5.92 Å². The van der Waals surface area contributed by atoms with Gasteiger partial charge in [0.05, 0.1) is 12.7 Å². The molecule has 1 aliphatic heterocycles. The van der Waals surface area contributed by atoms with Gasteiger partial charge in [-0.05, 0) is 50.9 Å². The average Bonchev–Trinajstić information content (AvgIpc) is 3.12. The average molecular weight is 398 g/mol. The standard InChI is InChI=1S/C18H21F3N4OS/c1-12(13-4-8-25(9-5-13)11-18(19,20)21)24-16(26)15-10-23-17(27-15)14-2-6-22-7-3-14/h2-3,6-7,10,12-13H,4-5,8-9,11H2,1H3,(H,24,26). The fourth-order valence-electron chi connectivity index (χ4n) is 3.27. The molecule has 9 heteroatoms. The molecule has 1 atom stereocenters. The maximum absolute atomic E-state index is 12.5. The predicted molar refractivity (Wildman–Crippen MR) is 97.5 cm³/mol. The molecule has 0 aromatic carbocycles. The topological polar surface area (TPSA) is 58.1 Å². The summed E-state index contributed by atoms with van der Waals surface area (Å²) in [5.41, 5.74) is 0.902. The van der Waals surface area contributed by atoms with E-state index in [1.807, 2.05) is 19.1 Å². The van der Waals surface area contributed by atoms with E-state index < -0.39 is 12.7 Å². The molecule has 1 fully saturated rings. The van der Waals surface area contributed by atoms with Gasteiger partial charge in [0.1, 0.15) is 9.88 Å². The van der Waals surface area contributed by atoms with Crippen molar-refractivity contribution in [1.29, 1.82) is 0 Å². The van der Waals surface area contributed by atoms with Crippen molar-refractivity contribution in [3.05, 3.63) is 35.6 Å². The van der Waals surface area contributed by atoms with Gasteiger partial charge in [-0.1, -0.05) is 0 Å². The first-order chi connectivity index (χ1) is 12.8. The first kappa shape index (κ1) is 19.8. The first-order valence-electron chi connectivity index (χ1n) is 8.78. The number of amides is 1. The van der Waals surface area contributed by atoms with Crippen LogP contribution in [0.25, 0.3) is 10.6 Å². The minimum absolute atomic E-state index is 0.1000. The Balaban J connectivity index is 1.52. The quantitative estimate of drug-likeness (QED) is 0.836. The van der Waals surface area contributed by atoms with Crippen molar-refractivity contribution in [2.75, 3.05) is 19.6 Å². The molecule has 2 aromatic heterocycles. The number of pyridine rings is 1. The molecule has 1 amide bonds. The Bertz CT molecular complexity index is 757. The van der Waals surface area contributed by atoms with E-state index in [2.05, 4.69) is 15.3 Å². The Morgan fingerprint density at radius 3 is 2.63 bits per heavy atom. The first-order valence-corrected chi connectivity index (χ1v) is 9.59. The lowest BCUT2D eigenvalue weighted by molar-refractivity contribution is -0.148. The molecule has 146 valence electrons. The molecule has 0 saturated carbocycles. The van der Waals surface area contributed by atoms with Crippen LogP contribution in [0, 0.1) is 5.92 Å². The van der Waals surface area contributed by atoms with Gasteiger partial charge in [0.2, 0.25) is 0 Å². The zero-order valence-electron chi connectivity index (χ0n) is 14.9. The summed E-state index contributed by atoms with van der Waals surface area (Å²) in [5.74, 6) is -0.0240. The van der Waals surface area contributed by atoms with Crippen molar-refractivity contribution in [3.8, 4) is 10.6 Å². The fourth-order valence-corrected chi connectivity index (χ4v) is 4.09. The van der Waals surface area contributed by atoms with E-state index in [0.29, 0.717) is 30.8 Å². The van der Waals surface area contributed by atoms with Crippen LogP contribution in [-0.4, -0.2) is 52.6 Å². The number of thiazole rings is 1. The van der Waals surface area contributed by atoms with Crippen molar-refractivity contribution < 1.29 is 18.0 Å². The Morgan fingerprint density at radius 2 is 2.00 bits per heavy atom. The van der Waals surface area contributed by atoms with Gasteiger partial charge >= 0.3 is 6.18 Å². The van der Waals surface area contributed by atoms with Crippen molar-refractivity contribution in [2.45, 2.75) is 32.0 Å². The predicted octanol–water partition coefficient (Wildman–Crippen LogP) is 3.60. The third-order valence-corrected chi connectivity index (χ3v) is 5.80. The van der Waals surface area contributed by atoms with E-state index in [0.717, 1.165) is 10.6 Å². The Morgan fingerprint density at radius 1 is 1.33 bits per heavy atom. The molecule has 1 aliphatic rings. The molecule has 3 rings (SSSR count). The van der Waals surface area contributed by atoms with Crippen LogP contribution in [0.2, 0.25) is 0 Å². The second-order valence-electron chi connectivity index (χ2n) is 6.76. The number of carbonyl (C=O) groups excluding carboxylic acids is 1. The zero-order valence-corrected chi connectivity index (χ0v) is 15.7. The molecule has 27 heavy (non-hydrogen) atoms. The second-order valence-corrected chi connectivity index (χ2v) is 7.79. The molecule has 1 N–H and O–H groups in total. The van der Waals surface area contributed by atoms with Crippen molar-refractivity contribution in [3.63, 3.8) is 0 Å². The van der Waals surface area contributed by atoms with Gasteiger partial charge in [0.15, 0.2) is 0 Å². The number of hydrogen-bond donors (Lipinski definition) is 1. The van der Waals surface area contributed by atoms with E-state index >= 15 is 0 Å². The summed E-state index contributed by atoms with van der Waals surface area (Å²) in [4.78, 5) is 22.7. The van der Waals surface area contributed by atoms with Gasteiger partial charge in [-0.3, -0.25) is 14.7 Å². The van der Waals surface area contributed by atoms with Crippen LogP contribution in [0.1, 0.15) is 29.4 Å². The molecule has 2 aromatic rings.